The van der Waals surface area contributed by atoms with Crippen molar-refractivity contribution in [3.63, 3.8) is 0 Å². The van der Waals surface area contributed by atoms with Gasteiger partial charge < -0.3 is 14.6 Å². The van der Waals surface area contributed by atoms with Crippen molar-refractivity contribution in [1.82, 2.24) is 0 Å². The van der Waals surface area contributed by atoms with E-state index >= 15 is 0 Å². The van der Waals surface area contributed by atoms with Gasteiger partial charge in [0.25, 0.3) is 0 Å². The van der Waals surface area contributed by atoms with Gasteiger partial charge in [-0.25, -0.2) is 4.79 Å². The summed E-state index contributed by atoms with van der Waals surface area (Å²) in [5, 5.41) is 9.00. The molecule has 2 rings (SSSR count). The van der Waals surface area contributed by atoms with Crippen LogP contribution in [0.25, 0.3) is 0 Å². The van der Waals surface area contributed by atoms with Crippen LogP contribution < -0.4 is 4.74 Å². The molecule has 2 aromatic rings. The number of benzene rings is 2. The zero-order chi connectivity index (χ0) is 19.1. The van der Waals surface area contributed by atoms with Crippen LogP contribution in [-0.2, 0) is 22.6 Å². The van der Waals surface area contributed by atoms with E-state index in [0.717, 1.165) is 5.56 Å². The highest BCUT2D eigenvalue weighted by Gasteiger charge is 2.12. The number of carbonyl (C=O) groups excluding carboxylic acids is 2. The summed E-state index contributed by atoms with van der Waals surface area (Å²) >= 11 is 0. The molecule has 0 saturated heterocycles. The Morgan fingerprint density at radius 2 is 1.85 bits per heavy atom. The van der Waals surface area contributed by atoms with Gasteiger partial charge >= 0.3 is 11.9 Å². The third-order valence-electron chi connectivity index (χ3n) is 3.64. The van der Waals surface area contributed by atoms with Crippen LogP contribution in [0.15, 0.2) is 42.5 Å². The van der Waals surface area contributed by atoms with E-state index in [1.54, 1.807) is 43.3 Å². The number of ether oxygens (including phenoxy) is 2. The zero-order valence-electron chi connectivity index (χ0n) is 14.7. The van der Waals surface area contributed by atoms with Crippen molar-refractivity contribution < 1.29 is 29.0 Å². The number of Topliss-reactive ketones (excluding diaryl/α,β-unsaturated/α-hetero) is 1. The molecule has 0 aliphatic rings. The second-order valence-electron chi connectivity index (χ2n) is 5.66. The van der Waals surface area contributed by atoms with Gasteiger partial charge in [0.05, 0.1) is 18.6 Å². The van der Waals surface area contributed by atoms with Gasteiger partial charge in [0.1, 0.15) is 12.4 Å². The van der Waals surface area contributed by atoms with E-state index in [0.29, 0.717) is 29.0 Å². The number of carboxylic acid groups (broad SMARTS) is 1. The van der Waals surface area contributed by atoms with E-state index in [4.69, 9.17) is 14.6 Å². The van der Waals surface area contributed by atoms with E-state index in [1.807, 2.05) is 6.07 Å². The zero-order valence-corrected chi connectivity index (χ0v) is 14.7. The molecule has 0 amide bonds. The molecule has 0 heterocycles. The highest BCUT2D eigenvalue weighted by atomic mass is 16.5. The van der Waals surface area contributed by atoms with Gasteiger partial charge in [-0.1, -0.05) is 12.1 Å². The Labute approximate surface area is 151 Å². The lowest BCUT2D eigenvalue weighted by Crippen LogP contribution is -2.07. The minimum absolute atomic E-state index is 0.194. The summed E-state index contributed by atoms with van der Waals surface area (Å²) in [4.78, 5) is 34.4. The first kappa shape index (κ1) is 19.2. The average Bonchev–Trinajstić information content (AvgIpc) is 2.60. The van der Waals surface area contributed by atoms with Crippen molar-refractivity contribution in [3.05, 3.63) is 64.7 Å². The van der Waals surface area contributed by atoms with Crippen molar-refractivity contribution in [2.75, 3.05) is 6.61 Å². The molecule has 0 bridgehead atoms. The topological polar surface area (TPSA) is 89.9 Å². The lowest BCUT2D eigenvalue weighted by molar-refractivity contribution is -0.136. The molecule has 6 nitrogen and oxygen atoms in total. The third kappa shape index (κ3) is 5.17. The lowest BCUT2D eigenvalue weighted by Gasteiger charge is -2.11. The van der Waals surface area contributed by atoms with Crippen molar-refractivity contribution in [3.8, 4) is 5.75 Å². The molecule has 2 aromatic carbocycles. The number of hydrogen-bond acceptors (Lipinski definition) is 5. The second-order valence-corrected chi connectivity index (χ2v) is 5.66. The maximum atomic E-state index is 11.8. The van der Waals surface area contributed by atoms with E-state index in [-0.39, 0.29) is 18.8 Å². The summed E-state index contributed by atoms with van der Waals surface area (Å²) in [6.45, 7) is 3.62. The number of hydrogen-bond donors (Lipinski definition) is 1. The van der Waals surface area contributed by atoms with Crippen LogP contribution in [-0.4, -0.2) is 29.4 Å². The lowest BCUT2D eigenvalue weighted by atomic mass is 10.0. The Bertz CT molecular complexity index is 825. The molecule has 0 spiro atoms. The molecule has 26 heavy (non-hydrogen) atoms. The van der Waals surface area contributed by atoms with Crippen molar-refractivity contribution >= 4 is 17.7 Å². The van der Waals surface area contributed by atoms with Gasteiger partial charge in [-0.05, 0) is 55.3 Å². The van der Waals surface area contributed by atoms with Crippen LogP contribution >= 0.6 is 0 Å². The smallest absolute Gasteiger partial charge is 0.338 e. The van der Waals surface area contributed by atoms with Gasteiger partial charge in [-0.3, -0.25) is 9.59 Å². The normalized spacial score (nSPS) is 10.2. The first-order chi connectivity index (χ1) is 12.4. The van der Waals surface area contributed by atoms with Gasteiger partial charge in [-0.15, -0.1) is 0 Å². The first-order valence-electron chi connectivity index (χ1n) is 8.15. The van der Waals surface area contributed by atoms with Gasteiger partial charge in [0.15, 0.2) is 5.78 Å². The fourth-order valence-electron chi connectivity index (χ4n) is 2.48. The summed E-state index contributed by atoms with van der Waals surface area (Å²) in [5.41, 5.74) is 1.98. The van der Waals surface area contributed by atoms with Crippen LogP contribution in [0.3, 0.4) is 0 Å². The molecule has 0 fully saturated rings. The molecule has 0 aliphatic heterocycles. The second kappa shape index (κ2) is 8.80. The Hall–Kier alpha value is -3.15. The molecule has 0 radical (unpaired) electrons. The van der Waals surface area contributed by atoms with Crippen LogP contribution in [0, 0.1) is 0 Å². The quantitative estimate of drug-likeness (QED) is 0.577. The third-order valence-corrected chi connectivity index (χ3v) is 3.64. The number of aliphatic carboxylic acids is 1. The fourth-order valence-corrected chi connectivity index (χ4v) is 2.48. The first-order valence-corrected chi connectivity index (χ1v) is 8.15. The summed E-state index contributed by atoms with van der Waals surface area (Å²) in [5.74, 6) is -1.17. The summed E-state index contributed by atoms with van der Waals surface area (Å²) in [6.07, 6.45) is -0.259. The highest BCUT2D eigenvalue weighted by molar-refractivity contribution is 5.96. The van der Waals surface area contributed by atoms with Gasteiger partial charge in [0.2, 0.25) is 0 Å². The van der Waals surface area contributed by atoms with E-state index in [9.17, 15) is 14.4 Å². The van der Waals surface area contributed by atoms with Gasteiger partial charge in [-0.2, -0.15) is 0 Å². The Morgan fingerprint density at radius 3 is 2.50 bits per heavy atom. The van der Waals surface area contributed by atoms with Crippen LogP contribution in [0.2, 0.25) is 0 Å². The SMILES string of the molecule is CCOC(=O)c1cccc(COc2ccc(C(C)=O)c(CC(=O)O)c2)c1. The largest absolute Gasteiger partial charge is 0.489 e. The van der Waals surface area contributed by atoms with Crippen molar-refractivity contribution in [2.24, 2.45) is 0 Å². The molecule has 0 aliphatic carbocycles. The standard InChI is InChI=1S/C20H20O6/c1-3-25-20(24)15-6-4-5-14(9-15)12-26-17-7-8-18(13(2)21)16(10-17)11-19(22)23/h4-10H,3,11-12H2,1-2H3,(H,22,23). The Morgan fingerprint density at radius 1 is 1.08 bits per heavy atom. The summed E-state index contributed by atoms with van der Waals surface area (Å²) < 4.78 is 10.7. The van der Waals surface area contributed by atoms with E-state index in [2.05, 4.69) is 0 Å². The van der Waals surface area contributed by atoms with Crippen molar-refractivity contribution in [2.45, 2.75) is 26.9 Å². The predicted molar refractivity (Wildman–Crippen MR) is 94.5 cm³/mol. The molecule has 136 valence electrons. The minimum Gasteiger partial charge on any atom is -0.489 e. The predicted octanol–water partition coefficient (Wildman–Crippen LogP) is 3.27. The number of carbonyl (C=O) groups is 3. The summed E-state index contributed by atoms with van der Waals surface area (Å²) in [6, 6.07) is 11.6. The number of ketones is 1. The van der Waals surface area contributed by atoms with Crippen LogP contribution in [0.5, 0.6) is 5.75 Å². The van der Waals surface area contributed by atoms with E-state index in [1.165, 1.54) is 6.92 Å². The van der Waals surface area contributed by atoms with E-state index < -0.39 is 11.9 Å². The van der Waals surface area contributed by atoms with Gasteiger partial charge in [0, 0.05) is 5.56 Å². The highest BCUT2D eigenvalue weighted by Crippen LogP contribution is 2.21. The molecule has 0 unspecified atom stereocenters. The summed E-state index contributed by atoms with van der Waals surface area (Å²) in [7, 11) is 0. The molecular formula is C20H20O6. The number of rotatable bonds is 8. The molecule has 0 aromatic heterocycles. The minimum atomic E-state index is -1.02. The Balaban J connectivity index is 2.14. The van der Waals surface area contributed by atoms with Crippen LogP contribution in [0.1, 0.15) is 45.7 Å². The number of esters is 1. The molecule has 6 heteroatoms. The molecular weight excluding hydrogens is 336 g/mol. The van der Waals surface area contributed by atoms with Crippen LogP contribution in [0.4, 0.5) is 0 Å². The molecule has 0 saturated carbocycles. The maximum Gasteiger partial charge on any atom is 0.338 e. The molecule has 1 N–H and O–H groups in total. The van der Waals surface area contributed by atoms with Crippen molar-refractivity contribution in [1.29, 1.82) is 0 Å². The fraction of sp³-hybridized carbons (Fsp3) is 0.250. The average molecular weight is 356 g/mol. The molecule has 0 atom stereocenters. The maximum absolute atomic E-state index is 11.8. The Kier molecular flexibility index (Phi) is 6.49. The number of carboxylic acids is 1. The monoisotopic (exact) mass is 356 g/mol.